The van der Waals surface area contributed by atoms with E-state index < -0.39 is 11.5 Å². The maximum atomic E-state index is 12.6. The highest BCUT2D eigenvalue weighted by Gasteiger charge is 2.36. The number of nitrogens with zero attached hydrogens (tertiary/aromatic N) is 2. The first kappa shape index (κ1) is 20.7. The number of nitrogens with two attached hydrogens (primary N) is 1. The molecule has 3 rings (SSSR count). The first-order chi connectivity index (χ1) is 13.9. The molecule has 0 aromatic heterocycles. The van der Waals surface area contributed by atoms with Gasteiger partial charge in [-0.15, -0.1) is 0 Å². The van der Waals surface area contributed by atoms with Gasteiger partial charge in [-0.2, -0.15) is 10.5 Å². The lowest BCUT2D eigenvalue weighted by Gasteiger charge is -2.32. The van der Waals surface area contributed by atoms with E-state index in [9.17, 15) is 15.3 Å². The predicted octanol–water partition coefficient (Wildman–Crippen LogP) is 3.68. The van der Waals surface area contributed by atoms with Gasteiger partial charge in [0.05, 0.1) is 29.2 Å². The van der Waals surface area contributed by atoms with Crippen LogP contribution < -0.4 is 5.73 Å². The monoisotopic (exact) mass is 387 g/mol. The fraction of sp³-hybridized carbons (Fsp3) is 0.375. The predicted molar refractivity (Wildman–Crippen MR) is 111 cm³/mol. The molecule has 1 atom stereocenters. The van der Waals surface area contributed by atoms with E-state index in [2.05, 4.69) is 12.1 Å². The van der Waals surface area contributed by atoms with Crippen LogP contribution in [0.4, 0.5) is 0 Å². The largest absolute Gasteiger partial charge is 0.381 e. The number of nitriles is 2. The molecule has 1 aliphatic rings. The highest BCUT2D eigenvalue weighted by molar-refractivity contribution is 5.88. The molecular formula is C24H25N3O2. The molecule has 0 bridgehead atoms. The molecule has 1 heterocycles. The normalized spacial score (nSPS) is 16.4. The molecule has 5 nitrogen and oxygen atoms in total. The van der Waals surface area contributed by atoms with Gasteiger partial charge in [0.2, 0.25) is 0 Å². The summed E-state index contributed by atoms with van der Waals surface area (Å²) in [5, 5.41) is 18.8. The summed E-state index contributed by atoms with van der Waals surface area (Å²) in [5.74, 6) is -0.450. The van der Waals surface area contributed by atoms with Gasteiger partial charge in [-0.1, -0.05) is 36.4 Å². The Morgan fingerprint density at radius 3 is 2.41 bits per heavy atom. The molecule has 0 radical (unpaired) electrons. The third-order valence-electron chi connectivity index (χ3n) is 5.68. The second-order valence-electron chi connectivity index (χ2n) is 7.76. The molecule has 1 saturated heterocycles. The van der Waals surface area contributed by atoms with Crippen LogP contribution in [-0.4, -0.2) is 24.5 Å². The number of rotatable bonds is 6. The van der Waals surface area contributed by atoms with Crippen molar-refractivity contribution < 1.29 is 9.53 Å². The van der Waals surface area contributed by atoms with Gasteiger partial charge in [0.1, 0.15) is 0 Å². The van der Waals surface area contributed by atoms with Crippen molar-refractivity contribution in [1.82, 2.24) is 0 Å². The first-order valence-corrected chi connectivity index (χ1v) is 9.85. The van der Waals surface area contributed by atoms with Crippen LogP contribution in [0.3, 0.4) is 0 Å². The van der Waals surface area contributed by atoms with Crippen molar-refractivity contribution in [2.75, 3.05) is 13.2 Å². The summed E-state index contributed by atoms with van der Waals surface area (Å²) in [7, 11) is 0. The SMILES string of the molecule is Cc1ccc(-c2ccc(C[C@@H](C#N)CC(=O)C3(N)CCOCC3)cc2)cc1C#N. The Kier molecular flexibility index (Phi) is 6.44. The number of carbonyl (C=O) groups is 1. The summed E-state index contributed by atoms with van der Waals surface area (Å²) in [4.78, 5) is 12.6. The van der Waals surface area contributed by atoms with Crippen molar-refractivity contribution in [3.8, 4) is 23.3 Å². The minimum absolute atomic E-state index is 0.0485. The van der Waals surface area contributed by atoms with E-state index in [1.807, 2.05) is 49.4 Å². The van der Waals surface area contributed by atoms with Crippen LogP contribution in [0.2, 0.25) is 0 Å². The minimum atomic E-state index is -0.860. The van der Waals surface area contributed by atoms with Gasteiger partial charge in [-0.3, -0.25) is 4.79 Å². The molecule has 148 valence electrons. The summed E-state index contributed by atoms with van der Waals surface area (Å²) in [6, 6.07) is 18.2. The van der Waals surface area contributed by atoms with Crippen molar-refractivity contribution >= 4 is 5.78 Å². The van der Waals surface area contributed by atoms with E-state index >= 15 is 0 Å². The van der Waals surface area contributed by atoms with Crippen LogP contribution in [0.25, 0.3) is 11.1 Å². The number of aryl methyl sites for hydroxylation is 1. The highest BCUT2D eigenvalue weighted by Crippen LogP contribution is 2.26. The molecule has 0 saturated carbocycles. The van der Waals surface area contributed by atoms with Gasteiger partial charge in [0.15, 0.2) is 5.78 Å². The van der Waals surface area contributed by atoms with Gasteiger partial charge in [0.25, 0.3) is 0 Å². The van der Waals surface area contributed by atoms with Crippen molar-refractivity contribution in [3.63, 3.8) is 0 Å². The van der Waals surface area contributed by atoms with Crippen molar-refractivity contribution in [3.05, 3.63) is 59.2 Å². The molecule has 2 aromatic carbocycles. The molecule has 0 aliphatic carbocycles. The van der Waals surface area contributed by atoms with E-state index in [1.54, 1.807) is 0 Å². The quantitative estimate of drug-likeness (QED) is 0.815. The zero-order chi connectivity index (χ0) is 20.9. The van der Waals surface area contributed by atoms with Gasteiger partial charge < -0.3 is 10.5 Å². The van der Waals surface area contributed by atoms with Gasteiger partial charge in [-0.25, -0.2) is 0 Å². The van der Waals surface area contributed by atoms with Gasteiger partial charge in [-0.05, 0) is 54.5 Å². The Hall–Kier alpha value is -2.99. The maximum Gasteiger partial charge on any atom is 0.154 e. The number of benzene rings is 2. The Labute approximate surface area is 171 Å². The van der Waals surface area contributed by atoms with Crippen LogP contribution in [0.5, 0.6) is 0 Å². The van der Waals surface area contributed by atoms with E-state index in [1.165, 1.54) is 0 Å². The Morgan fingerprint density at radius 2 is 1.79 bits per heavy atom. The maximum absolute atomic E-state index is 12.6. The lowest BCUT2D eigenvalue weighted by Crippen LogP contribution is -2.52. The van der Waals surface area contributed by atoms with Crippen LogP contribution >= 0.6 is 0 Å². The summed E-state index contributed by atoms with van der Waals surface area (Å²) in [6.07, 6.45) is 1.70. The lowest BCUT2D eigenvalue weighted by molar-refractivity contribution is -0.128. The zero-order valence-corrected chi connectivity index (χ0v) is 16.6. The number of hydrogen-bond acceptors (Lipinski definition) is 5. The van der Waals surface area contributed by atoms with Crippen molar-refractivity contribution in [2.45, 2.75) is 38.1 Å². The average Bonchev–Trinajstić information content (AvgIpc) is 2.74. The number of ketones is 1. The first-order valence-electron chi connectivity index (χ1n) is 9.85. The Morgan fingerprint density at radius 1 is 1.14 bits per heavy atom. The Bertz CT molecular complexity index is 961. The molecular weight excluding hydrogens is 362 g/mol. The third kappa shape index (κ3) is 4.90. The van der Waals surface area contributed by atoms with E-state index in [0.717, 1.165) is 22.3 Å². The molecule has 1 fully saturated rings. The highest BCUT2D eigenvalue weighted by atomic mass is 16.5. The van der Waals surface area contributed by atoms with Gasteiger partial charge in [0, 0.05) is 19.6 Å². The third-order valence-corrected chi connectivity index (χ3v) is 5.68. The van der Waals surface area contributed by atoms with E-state index in [0.29, 0.717) is 38.0 Å². The number of Topliss-reactive ketones (excluding diaryl/α,β-unsaturated/α-hetero) is 1. The van der Waals surface area contributed by atoms with Crippen LogP contribution in [-0.2, 0) is 16.0 Å². The molecule has 2 aromatic rings. The van der Waals surface area contributed by atoms with E-state index in [-0.39, 0.29) is 12.2 Å². The molecule has 0 spiro atoms. The second kappa shape index (κ2) is 9.01. The molecule has 1 aliphatic heterocycles. The van der Waals surface area contributed by atoms with Crippen LogP contribution in [0.15, 0.2) is 42.5 Å². The summed E-state index contributed by atoms with van der Waals surface area (Å²) in [6.45, 7) is 2.90. The van der Waals surface area contributed by atoms with Crippen LogP contribution in [0, 0.1) is 35.5 Å². The lowest BCUT2D eigenvalue weighted by atomic mass is 9.81. The molecule has 29 heavy (non-hydrogen) atoms. The zero-order valence-electron chi connectivity index (χ0n) is 16.6. The molecule has 5 heteroatoms. The Balaban J connectivity index is 1.67. The smallest absolute Gasteiger partial charge is 0.154 e. The van der Waals surface area contributed by atoms with E-state index in [4.69, 9.17) is 10.5 Å². The number of carbonyl (C=O) groups excluding carboxylic acids is 1. The summed E-state index contributed by atoms with van der Waals surface area (Å²) >= 11 is 0. The average molecular weight is 387 g/mol. The molecule has 2 N–H and O–H groups in total. The van der Waals surface area contributed by atoms with Crippen LogP contribution in [0.1, 0.15) is 36.0 Å². The fourth-order valence-corrected chi connectivity index (χ4v) is 3.64. The number of hydrogen-bond donors (Lipinski definition) is 1. The van der Waals surface area contributed by atoms with Crippen molar-refractivity contribution in [2.24, 2.45) is 11.7 Å². The van der Waals surface area contributed by atoms with Gasteiger partial charge >= 0.3 is 0 Å². The topological polar surface area (TPSA) is 99.9 Å². The second-order valence-corrected chi connectivity index (χ2v) is 7.76. The minimum Gasteiger partial charge on any atom is -0.381 e. The standard InChI is InChI=1S/C24H25N3O2/c1-17-2-5-21(14-22(17)16-26)20-6-3-18(4-7-20)12-19(15-25)13-23(28)24(27)8-10-29-11-9-24/h2-7,14,19H,8-13,27H2,1H3/t19-/m1/s1. The summed E-state index contributed by atoms with van der Waals surface area (Å²) < 4.78 is 5.30. The van der Waals surface area contributed by atoms with Crippen molar-refractivity contribution in [1.29, 1.82) is 10.5 Å². The fourth-order valence-electron chi connectivity index (χ4n) is 3.64. The number of ether oxygens (including phenoxy) is 1. The molecule has 0 unspecified atom stereocenters. The molecule has 0 amide bonds. The summed E-state index contributed by atoms with van der Waals surface area (Å²) in [5.41, 5.74) is 10.0.